The van der Waals surface area contributed by atoms with E-state index in [0.29, 0.717) is 5.57 Å². The molecule has 0 spiro atoms. The third-order valence-electron chi connectivity index (χ3n) is 4.54. The molecule has 0 saturated carbocycles. The predicted molar refractivity (Wildman–Crippen MR) is 104 cm³/mol. The first-order chi connectivity index (χ1) is 12.5. The summed E-state index contributed by atoms with van der Waals surface area (Å²) in [7, 11) is 0. The number of hydrogen-bond acceptors (Lipinski definition) is 5. The second kappa shape index (κ2) is 6.29. The molecule has 1 atom stereocenters. The van der Waals surface area contributed by atoms with Crippen molar-refractivity contribution in [3.63, 3.8) is 0 Å². The van der Waals surface area contributed by atoms with Gasteiger partial charge in [-0.1, -0.05) is 12.1 Å². The van der Waals surface area contributed by atoms with Crippen LogP contribution in [0.25, 0.3) is 11.0 Å². The minimum atomic E-state index is -0.286. The van der Waals surface area contributed by atoms with Crippen LogP contribution in [0.3, 0.4) is 0 Å². The molecule has 0 unspecified atom stereocenters. The highest BCUT2D eigenvalue weighted by Gasteiger charge is 2.36. The van der Waals surface area contributed by atoms with Crippen molar-refractivity contribution in [2.24, 2.45) is 0 Å². The van der Waals surface area contributed by atoms with Gasteiger partial charge >= 0.3 is 5.97 Å². The summed E-state index contributed by atoms with van der Waals surface area (Å²) in [4.78, 5) is 18.8. The summed E-state index contributed by atoms with van der Waals surface area (Å²) in [6.45, 7) is 7.73. The van der Waals surface area contributed by atoms with Gasteiger partial charge in [0.2, 0.25) is 5.95 Å². The van der Waals surface area contributed by atoms with Gasteiger partial charge in [0.25, 0.3) is 0 Å². The lowest BCUT2D eigenvalue weighted by atomic mass is 9.99. The molecule has 1 N–H and O–H groups in total. The van der Waals surface area contributed by atoms with E-state index in [9.17, 15) is 4.79 Å². The summed E-state index contributed by atoms with van der Waals surface area (Å²) in [5.41, 5.74) is 4.49. The summed E-state index contributed by atoms with van der Waals surface area (Å²) in [6, 6.07) is 9.83. The van der Waals surface area contributed by atoms with Crippen molar-refractivity contribution in [3.8, 4) is 0 Å². The standard InChI is InChI=1S/C20H21N3O2S/c1-11(2)25-19(24)16-13(4)21-20-22-14-7-5-6-8-15(14)23(20)17(16)18-12(3)9-10-26-18/h5-11,17H,1-4H3,(H,21,22)/t17-/m1/s1. The Bertz CT molecular complexity index is 1030. The molecule has 0 fully saturated rings. The fourth-order valence-corrected chi connectivity index (χ4v) is 4.44. The fourth-order valence-electron chi connectivity index (χ4n) is 3.42. The zero-order valence-corrected chi connectivity index (χ0v) is 16.1. The number of esters is 1. The number of hydrogen-bond donors (Lipinski definition) is 1. The second-order valence-electron chi connectivity index (χ2n) is 6.78. The molecule has 3 aromatic rings. The van der Waals surface area contributed by atoms with E-state index >= 15 is 0 Å². The van der Waals surface area contributed by atoms with Gasteiger partial charge in [-0.25, -0.2) is 9.78 Å². The maximum Gasteiger partial charge on any atom is 0.338 e. The lowest BCUT2D eigenvalue weighted by Crippen LogP contribution is -2.29. The van der Waals surface area contributed by atoms with Gasteiger partial charge in [-0.3, -0.25) is 4.57 Å². The summed E-state index contributed by atoms with van der Waals surface area (Å²) < 4.78 is 7.68. The molecule has 4 rings (SSSR count). The smallest absolute Gasteiger partial charge is 0.338 e. The Morgan fingerprint density at radius 2 is 2.04 bits per heavy atom. The number of aryl methyl sites for hydroxylation is 1. The van der Waals surface area contributed by atoms with Crippen molar-refractivity contribution < 1.29 is 9.53 Å². The molecule has 0 bridgehead atoms. The van der Waals surface area contributed by atoms with E-state index in [-0.39, 0.29) is 18.1 Å². The SMILES string of the molecule is CC1=C(C(=O)OC(C)C)[C@H](c2sccc2C)n2c(nc3ccccc32)N1. The Balaban J connectivity index is 1.97. The van der Waals surface area contributed by atoms with E-state index in [1.54, 1.807) is 11.3 Å². The fraction of sp³-hybridized carbons (Fsp3) is 0.300. The highest BCUT2D eigenvalue weighted by molar-refractivity contribution is 7.10. The highest BCUT2D eigenvalue weighted by atomic mass is 32.1. The number of aromatic nitrogens is 2. The first kappa shape index (κ1) is 16.8. The first-order valence-electron chi connectivity index (χ1n) is 8.67. The van der Waals surface area contributed by atoms with Crippen LogP contribution >= 0.6 is 11.3 Å². The summed E-state index contributed by atoms with van der Waals surface area (Å²) in [6.07, 6.45) is -0.172. The van der Waals surface area contributed by atoms with Gasteiger partial charge in [0.05, 0.1) is 22.7 Å². The van der Waals surface area contributed by atoms with Crippen LogP contribution in [0.5, 0.6) is 0 Å². The highest BCUT2D eigenvalue weighted by Crippen LogP contribution is 2.42. The van der Waals surface area contributed by atoms with E-state index in [4.69, 9.17) is 9.72 Å². The molecule has 0 radical (unpaired) electrons. The minimum Gasteiger partial charge on any atom is -0.459 e. The molecule has 0 amide bonds. The van der Waals surface area contributed by atoms with Crippen LogP contribution in [-0.4, -0.2) is 21.6 Å². The molecular weight excluding hydrogens is 346 g/mol. The number of carbonyl (C=O) groups excluding carboxylic acids is 1. The summed E-state index contributed by atoms with van der Waals surface area (Å²) in [5, 5.41) is 5.36. The topological polar surface area (TPSA) is 56.2 Å². The number of nitrogens with zero attached hydrogens (tertiary/aromatic N) is 2. The Labute approximate surface area is 156 Å². The zero-order valence-electron chi connectivity index (χ0n) is 15.2. The van der Waals surface area contributed by atoms with Crippen molar-refractivity contribution in [1.82, 2.24) is 9.55 Å². The van der Waals surface area contributed by atoms with Crippen molar-refractivity contribution in [3.05, 3.63) is 57.4 Å². The Kier molecular flexibility index (Phi) is 4.07. The largest absolute Gasteiger partial charge is 0.459 e. The van der Waals surface area contributed by atoms with Gasteiger partial charge in [-0.05, 0) is 56.8 Å². The lowest BCUT2D eigenvalue weighted by molar-refractivity contribution is -0.143. The second-order valence-corrected chi connectivity index (χ2v) is 7.73. The number of carbonyl (C=O) groups is 1. The van der Waals surface area contributed by atoms with E-state index < -0.39 is 0 Å². The van der Waals surface area contributed by atoms with E-state index in [0.717, 1.165) is 33.1 Å². The molecule has 6 heteroatoms. The maximum absolute atomic E-state index is 13.0. The van der Waals surface area contributed by atoms with E-state index in [2.05, 4.69) is 28.3 Å². The van der Waals surface area contributed by atoms with Crippen LogP contribution in [0.1, 0.15) is 37.3 Å². The first-order valence-corrected chi connectivity index (χ1v) is 9.55. The van der Waals surface area contributed by atoms with Crippen molar-refractivity contribution >= 4 is 34.3 Å². The molecule has 3 heterocycles. The number of allylic oxidation sites excluding steroid dienone is 1. The molecule has 1 aromatic carbocycles. The van der Waals surface area contributed by atoms with Gasteiger partial charge in [0.1, 0.15) is 6.04 Å². The van der Waals surface area contributed by atoms with E-state index in [1.165, 1.54) is 0 Å². The minimum absolute atomic E-state index is 0.172. The number of thiophene rings is 1. The molecule has 0 aliphatic carbocycles. The third-order valence-corrected chi connectivity index (χ3v) is 5.61. The normalized spacial score (nSPS) is 16.7. The average molecular weight is 367 g/mol. The van der Waals surface area contributed by atoms with Crippen molar-refractivity contribution in [2.75, 3.05) is 5.32 Å². The molecule has 1 aliphatic heterocycles. The Morgan fingerprint density at radius 1 is 1.27 bits per heavy atom. The monoisotopic (exact) mass is 367 g/mol. The number of para-hydroxylation sites is 2. The predicted octanol–water partition coefficient (Wildman–Crippen LogP) is 4.65. The molecule has 26 heavy (non-hydrogen) atoms. The number of anilines is 1. The number of imidazole rings is 1. The van der Waals surface area contributed by atoms with Crippen LogP contribution in [0.4, 0.5) is 5.95 Å². The van der Waals surface area contributed by atoms with Crippen LogP contribution < -0.4 is 5.32 Å². The molecule has 2 aromatic heterocycles. The summed E-state index contributed by atoms with van der Waals surface area (Å²) in [5.74, 6) is 0.467. The van der Waals surface area contributed by atoms with Crippen molar-refractivity contribution in [1.29, 1.82) is 0 Å². The van der Waals surface area contributed by atoms with Crippen LogP contribution in [0, 0.1) is 6.92 Å². The summed E-state index contributed by atoms with van der Waals surface area (Å²) >= 11 is 1.66. The molecule has 134 valence electrons. The van der Waals surface area contributed by atoms with Crippen molar-refractivity contribution in [2.45, 2.75) is 39.8 Å². The number of fused-ring (bicyclic) bond motifs is 3. The van der Waals surface area contributed by atoms with Gasteiger partial charge in [0, 0.05) is 10.6 Å². The lowest BCUT2D eigenvalue weighted by Gasteiger charge is -2.30. The van der Waals surface area contributed by atoms with Gasteiger partial charge in [0.15, 0.2) is 0 Å². The number of benzene rings is 1. The Hall–Kier alpha value is -2.60. The van der Waals surface area contributed by atoms with Crippen LogP contribution in [0.2, 0.25) is 0 Å². The average Bonchev–Trinajstić information content (AvgIpc) is 3.15. The van der Waals surface area contributed by atoms with Crippen LogP contribution in [0.15, 0.2) is 47.0 Å². The van der Waals surface area contributed by atoms with Gasteiger partial charge in [-0.2, -0.15) is 0 Å². The number of rotatable bonds is 3. The number of nitrogens with one attached hydrogen (secondary N) is 1. The van der Waals surface area contributed by atoms with E-state index in [1.807, 2.05) is 45.0 Å². The number of ether oxygens (including phenoxy) is 1. The molecule has 0 saturated heterocycles. The molecule has 5 nitrogen and oxygen atoms in total. The van der Waals surface area contributed by atoms with Gasteiger partial charge < -0.3 is 10.1 Å². The van der Waals surface area contributed by atoms with Gasteiger partial charge in [-0.15, -0.1) is 11.3 Å². The van der Waals surface area contributed by atoms with Crippen LogP contribution in [-0.2, 0) is 9.53 Å². The Morgan fingerprint density at radius 3 is 2.73 bits per heavy atom. The molecular formula is C20H21N3O2S. The molecule has 1 aliphatic rings. The quantitative estimate of drug-likeness (QED) is 0.685. The maximum atomic E-state index is 13.0. The third kappa shape index (κ3) is 2.61. The zero-order chi connectivity index (χ0) is 18.4.